The zero-order valence-electron chi connectivity index (χ0n) is 20.8. The summed E-state index contributed by atoms with van der Waals surface area (Å²) < 4.78 is 4.81. The van der Waals surface area contributed by atoms with Crippen LogP contribution in [0.1, 0.15) is 54.4 Å². The monoisotopic (exact) mass is 493 g/mol. The molecule has 2 fully saturated rings. The summed E-state index contributed by atoms with van der Waals surface area (Å²) in [6.45, 7) is 4.78. The van der Waals surface area contributed by atoms with Gasteiger partial charge in [-0.3, -0.25) is 19.7 Å². The first-order valence-corrected chi connectivity index (χ1v) is 12.1. The van der Waals surface area contributed by atoms with E-state index in [4.69, 9.17) is 10.2 Å². The lowest BCUT2D eigenvalue weighted by atomic mass is 10.2. The molecule has 0 radical (unpaired) electrons. The number of hydrogen-bond donors (Lipinski definition) is 2. The van der Waals surface area contributed by atoms with Crippen molar-refractivity contribution in [1.29, 1.82) is 0 Å². The first kappa shape index (κ1) is 28.2. The number of aliphatic imine (C=N–C) groups is 1. The van der Waals surface area contributed by atoms with Gasteiger partial charge in [-0.25, -0.2) is 4.99 Å². The van der Waals surface area contributed by atoms with Gasteiger partial charge in [0.1, 0.15) is 6.26 Å². The van der Waals surface area contributed by atoms with Gasteiger partial charge >= 0.3 is 0 Å². The first-order chi connectivity index (χ1) is 17.4. The van der Waals surface area contributed by atoms with Gasteiger partial charge in [0, 0.05) is 26.1 Å². The third kappa shape index (κ3) is 9.29. The second-order valence-electron chi connectivity index (χ2n) is 8.52. The highest BCUT2D eigenvalue weighted by Gasteiger charge is 2.23. The molecule has 0 spiro atoms. The second kappa shape index (κ2) is 15.0. The maximum absolute atomic E-state index is 11.9. The van der Waals surface area contributed by atoms with Crippen LogP contribution in [0, 0.1) is 19.8 Å². The molecule has 2 aliphatic rings. The number of nitrogens with two attached hydrogens (primary N) is 1. The van der Waals surface area contributed by atoms with Crippen LogP contribution in [-0.2, 0) is 9.59 Å². The minimum atomic E-state index is -0.349. The molecule has 0 atom stereocenters. The third-order valence-electron chi connectivity index (χ3n) is 5.73. The van der Waals surface area contributed by atoms with Crippen LogP contribution in [0.4, 0.5) is 5.69 Å². The van der Waals surface area contributed by atoms with Crippen molar-refractivity contribution >= 4 is 29.4 Å². The van der Waals surface area contributed by atoms with Crippen LogP contribution in [-0.4, -0.2) is 59.7 Å². The Kier molecular flexibility index (Phi) is 11.8. The molecule has 3 amide bonds. The molecule has 4 rings (SSSR count). The summed E-state index contributed by atoms with van der Waals surface area (Å²) in [6, 6.07) is 9.06. The Morgan fingerprint density at radius 2 is 1.81 bits per heavy atom. The van der Waals surface area contributed by atoms with Gasteiger partial charge in [0.05, 0.1) is 24.1 Å². The lowest BCUT2D eigenvalue weighted by molar-refractivity contribution is -0.139. The number of hydrogen-bond acceptors (Lipinski definition) is 5. The van der Waals surface area contributed by atoms with Crippen LogP contribution in [0.2, 0.25) is 0 Å². The van der Waals surface area contributed by atoms with Crippen molar-refractivity contribution in [2.24, 2.45) is 10.7 Å². The molecular weight excluding hydrogens is 458 g/mol. The molecule has 9 heteroatoms. The molecule has 36 heavy (non-hydrogen) atoms. The van der Waals surface area contributed by atoms with E-state index in [1.165, 1.54) is 12.5 Å². The van der Waals surface area contributed by atoms with E-state index in [0.29, 0.717) is 24.2 Å². The minimum absolute atomic E-state index is 0.0480. The summed E-state index contributed by atoms with van der Waals surface area (Å²) in [7, 11) is 0. The molecule has 192 valence electrons. The highest BCUT2D eigenvalue weighted by molar-refractivity contribution is 6.05. The summed E-state index contributed by atoms with van der Waals surface area (Å²) in [6.07, 6.45) is 16.7. The van der Waals surface area contributed by atoms with Crippen molar-refractivity contribution in [2.75, 3.05) is 26.2 Å². The first-order valence-electron chi connectivity index (χ1n) is 12.1. The van der Waals surface area contributed by atoms with E-state index in [9.17, 15) is 14.4 Å². The number of aryl methyl sites for hydroxylation is 1. The number of amides is 3. The summed E-state index contributed by atoms with van der Waals surface area (Å²) in [5, 5.41) is 2.48. The third-order valence-corrected chi connectivity index (χ3v) is 5.73. The van der Waals surface area contributed by atoms with Crippen molar-refractivity contribution in [2.45, 2.75) is 45.4 Å². The molecule has 9 nitrogen and oxygen atoms in total. The van der Waals surface area contributed by atoms with Gasteiger partial charge in [-0.15, -0.1) is 12.8 Å². The van der Waals surface area contributed by atoms with Crippen LogP contribution < -0.4 is 11.1 Å². The number of rotatable bonds is 4. The fourth-order valence-electron chi connectivity index (χ4n) is 3.88. The van der Waals surface area contributed by atoms with Crippen molar-refractivity contribution in [3.05, 3.63) is 54.0 Å². The number of nitrogens with zero attached hydrogens (tertiary/aromatic N) is 3. The predicted octanol–water partition coefficient (Wildman–Crippen LogP) is 3.23. The van der Waals surface area contributed by atoms with Crippen LogP contribution in [0.3, 0.4) is 0 Å². The van der Waals surface area contributed by atoms with E-state index in [0.717, 1.165) is 57.3 Å². The van der Waals surface area contributed by atoms with E-state index in [1.807, 2.05) is 36.1 Å². The van der Waals surface area contributed by atoms with E-state index in [2.05, 4.69) is 23.2 Å². The molecule has 3 heterocycles. The van der Waals surface area contributed by atoms with Crippen LogP contribution in [0.15, 0.2) is 52.3 Å². The van der Waals surface area contributed by atoms with Crippen LogP contribution in [0.5, 0.6) is 0 Å². The average molecular weight is 494 g/mol. The maximum atomic E-state index is 11.9. The fourth-order valence-corrected chi connectivity index (χ4v) is 3.88. The lowest BCUT2D eigenvalue weighted by Crippen LogP contribution is -2.41. The molecule has 0 unspecified atom stereocenters. The van der Waals surface area contributed by atoms with E-state index in [-0.39, 0.29) is 23.7 Å². The fraction of sp³-hybridized carbons (Fsp3) is 0.407. The van der Waals surface area contributed by atoms with Crippen molar-refractivity contribution in [3.8, 4) is 12.8 Å². The number of terminal acetylenes is 1. The molecule has 2 saturated heterocycles. The quantitative estimate of drug-likeness (QED) is 0.385. The molecule has 2 aliphatic heterocycles. The van der Waals surface area contributed by atoms with E-state index >= 15 is 0 Å². The number of nitrogens with one attached hydrogen (secondary N) is 1. The standard InChI is InChI=1S/C13H13N3O2.C12H20N2O2.C2H2/c1-9-3-2-4-11(7-9)15-13(14)16-12(17)10-5-6-18-8-10;15-11-6-2-1-3-9-14(11)10-12(16)13-7-4-5-8-13;1-2/h2-8H,1H3,(H3,14,15,16,17);1-10H2;1-2H. The molecule has 0 aliphatic carbocycles. The Morgan fingerprint density at radius 1 is 1.08 bits per heavy atom. The average Bonchev–Trinajstić information content (AvgIpc) is 3.56. The smallest absolute Gasteiger partial charge is 0.261 e. The number of guanidine groups is 1. The Labute approximate surface area is 212 Å². The normalized spacial score (nSPS) is 15.6. The van der Waals surface area contributed by atoms with Gasteiger partial charge < -0.3 is 20.0 Å². The van der Waals surface area contributed by atoms with Crippen LogP contribution in [0.25, 0.3) is 0 Å². The Morgan fingerprint density at radius 3 is 2.47 bits per heavy atom. The Hall–Kier alpha value is -4.06. The van der Waals surface area contributed by atoms with E-state index < -0.39 is 0 Å². The highest BCUT2D eigenvalue weighted by Crippen LogP contribution is 2.14. The lowest BCUT2D eigenvalue weighted by Gasteiger charge is -2.23. The predicted molar refractivity (Wildman–Crippen MR) is 139 cm³/mol. The Bertz CT molecular complexity index is 1040. The second-order valence-corrected chi connectivity index (χ2v) is 8.52. The van der Waals surface area contributed by atoms with Crippen molar-refractivity contribution in [3.63, 3.8) is 0 Å². The van der Waals surface area contributed by atoms with Gasteiger partial charge in [0.2, 0.25) is 17.8 Å². The summed E-state index contributed by atoms with van der Waals surface area (Å²) in [4.78, 5) is 43.0. The van der Waals surface area contributed by atoms with Crippen molar-refractivity contribution < 1.29 is 18.8 Å². The van der Waals surface area contributed by atoms with Gasteiger partial charge in [0.25, 0.3) is 5.91 Å². The van der Waals surface area contributed by atoms with E-state index in [1.54, 1.807) is 11.0 Å². The molecule has 1 aromatic carbocycles. The van der Waals surface area contributed by atoms with Crippen LogP contribution >= 0.6 is 0 Å². The van der Waals surface area contributed by atoms with Gasteiger partial charge in [-0.1, -0.05) is 18.6 Å². The zero-order chi connectivity index (χ0) is 26.3. The molecule has 2 aromatic rings. The number of carbonyl (C=O) groups is 3. The summed E-state index contributed by atoms with van der Waals surface area (Å²) in [5.41, 5.74) is 7.82. The minimum Gasteiger partial charge on any atom is -0.472 e. The van der Waals surface area contributed by atoms with Gasteiger partial charge in [-0.2, -0.15) is 0 Å². The Balaban J connectivity index is 0.000000239. The van der Waals surface area contributed by atoms with Gasteiger partial charge in [0.15, 0.2) is 0 Å². The summed E-state index contributed by atoms with van der Waals surface area (Å²) >= 11 is 0. The molecule has 1 aromatic heterocycles. The topological polar surface area (TPSA) is 121 Å². The number of carbonyl (C=O) groups excluding carboxylic acids is 3. The molecular formula is C27H35N5O4. The molecule has 0 bridgehead atoms. The number of benzene rings is 1. The molecule has 3 N–H and O–H groups in total. The van der Waals surface area contributed by atoms with Crippen molar-refractivity contribution in [1.82, 2.24) is 15.1 Å². The SMILES string of the molecule is C#C.Cc1cccc(N=C(N)NC(=O)c2ccoc2)c1.O=C(CN1CCCCCC1=O)N1CCCC1. The summed E-state index contributed by atoms with van der Waals surface area (Å²) in [5.74, 6) is -0.0118. The van der Waals surface area contributed by atoms with Gasteiger partial charge in [-0.05, 0) is 56.4 Å². The molecule has 0 saturated carbocycles. The maximum Gasteiger partial charge on any atom is 0.261 e. The highest BCUT2D eigenvalue weighted by atomic mass is 16.3. The number of furan rings is 1. The number of likely N-dealkylation sites (tertiary alicyclic amines) is 2. The largest absolute Gasteiger partial charge is 0.472 e. The zero-order valence-corrected chi connectivity index (χ0v) is 20.8.